The molecule has 1 atom stereocenters. The standard InChI is InChI=1S/C13H14ClNO3/c1-2-18-10-3-4-12-9(7-10)5-6-15(12)8-11(14)13(16)17/h3-7,11H,2,8H2,1H3,(H,16,17). The Hall–Kier alpha value is -1.68. The number of alkyl halides is 1. The van der Waals surface area contributed by atoms with Crippen LogP contribution in [0.25, 0.3) is 10.9 Å². The molecule has 0 radical (unpaired) electrons. The van der Waals surface area contributed by atoms with Gasteiger partial charge in [-0.25, -0.2) is 0 Å². The zero-order chi connectivity index (χ0) is 13.1. The van der Waals surface area contributed by atoms with Gasteiger partial charge < -0.3 is 14.4 Å². The number of hydrogen-bond acceptors (Lipinski definition) is 2. The van der Waals surface area contributed by atoms with E-state index in [2.05, 4.69) is 0 Å². The first-order valence-electron chi connectivity index (χ1n) is 5.70. The van der Waals surface area contributed by atoms with Crippen molar-refractivity contribution >= 4 is 28.5 Å². The Bertz CT molecular complexity index is 564. The quantitative estimate of drug-likeness (QED) is 0.848. The van der Waals surface area contributed by atoms with E-state index in [1.54, 1.807) is 0 Å². The average Bonchev–Trinajstić information content (AvgIpc) is 2.72. The highest BCUT2D eigenvalue weighted by Gasteiger charge is 2.15. The first-order chi connectivity index (χ1) is 8.61. The summed E-state index contributed by atoms with van der Waals surface area (Å²) in [7, 11) is 0. The van der Waals surface area contributed by atoms with Crippen LogP contribution >= 0.6 is 11.6 Å². The van der Waals surface area contributed by atoms with E-state index in [1.807, 2.05) is 42.0 Å². The molecular formula is C13H14ClNO3. The maximum absolute atomic E-state index is 10.7. The van der Waals surface area contributed by atoms with Crippen molar-refractivity contribution in [1.29, 1.82) is 0 Å². The lowest BCUT2D eigenvalue weighted by molar-refractivity contribution is -0.136. The molecule has 4 nitrogen and oxygen atoms in total. The molecule has 0 aliphatic heterocycles. The number of fused-ring (bicyclic) bond motifs is 1. The second kappa shape index (κ2) is 5.31. The third-order valence-corrected chi connectivity index (χ3v) is 3.00. The molecule has 0 spiro atoms. The van der Waals surface area contributed by atoms with Crippen LogP contribution in [0, 0.1) is 0 Å². The van der Waals surface area contributed by atoms with Crippen LogP contribution < -0.4 is 4.74 Å². The fourth-order valence-electron chi connectivity index (χ4n) is 1.84. The van der Waals surface area contributed by atoms with Crippen molar-refractivity contribution in [1.82, 2.24) is 4.57 Å². The fraction of sp³-hybridized carbons (Fsp3) is 0.308. The summed E-state index contributed by atoms with van der Waals surface area (Å²) < 4.78 is 7.24. The normalized spacial score (nSPS) is 12.6. The molecular weight excluding hydrogens is 254 g/mol. The van der Waals surface area contributed by atoms with Gasteiger partial charge >= 0.3 is 5.97 Å². The Morgan fingerprint density at radius 2 is 2.28 bits per heavy atom. The zero-order valence-electron chi connectivity index (χ0n) is 9.97. The Morgan fingerprint density at radius 1 is 1.50 bits per heavy atom. The maximum atomic E-state index is 10.7. The van der Waals surface area contributed by atoms with Gasteiger partial charge in [0.15, 0.2) is 0 Å². The Labute approximate surface area is 110 Å². The van der Waals surface area contributed by atoms with Gasteiger partial charge in [-0.3, -0.25) is 4.79 Å². The van der Waals surface area contributed by atoms with Crippen molar-refractivity contribution in [3.05, 3.63) is 30.5 Å². The number of hydrogen-bond donors (Lipinski definition) is 1. The SMILES string of the molecule is CCOc1ccc2c(ccn2CC(Cl)C(=O)O)c1. The number of benzene rings is 1. The predicted octanol–water partition coefficient (Wildman–Crippen LogP) is 2.73. The lowest BCUT2D eigenvalue weighted by atomic mass is 10.2. The van der Waals surface area contributed by atoms with Gasteiger partial charge in [-0.15, -0.1) is 11.6 Å². The smallest absolute Gasteiger partial charge is 0.323 e. The van der Waals surface area contributed by atoms with E-state index < -0.39 is 11.3 Å². The van der Waals surface area contributed by atoms with E-state index in [4.69, 9.17) is 21.4 Å². The van der Waals surface area contributed by atoms with Crippen molar-refractivity contribution in [3.8, 4) is 5.75 Å². The number of carboxylic acids is 1. The molecule has 18 heavy (non-hydrogen) atoms. The van der Waals surface area contributed by atoms with E-state index in [9.17, 15) is 4.79 Å². The van der Waals surface area contributed by atoms with E-state index in [0.717, 1.165) is 16.7 Å². The van der Waals surface area contributed by atoms with E-state index >= 15 is 0 Å². The molecule has 0 aliphatic carbocycles. The molecule has 2 rings (SSSR count). The Balaban J connectivity index is 2.28. The second-order valence-corrected chi connectivity index (χ2v) is 4.45. The van der Waals surface area contributed by atoms with Crippen LogP contribution in [-0.2, 0) is 11.3 Å². The molecule has 1 aromatic carbocycles. The minimum atomic E-state index is -1.01. The molecule has 0 saturated heterocycles. The largest absolute Gasteiger partial charge is 0.494 e. The van der Waals surface area contributed by atoms with Gasteiger partial charge in [0, 0.05) is 23.6 Å². The van der Waals surface area contributed by atoms with Crippen LogP contribution in [0.5, 0.6) is 5.75 Å². The summed E-state index contributed by atoms with van der Waals surface area (Å²) in [5, 5.41) is 8.89. The monoisotopic (exact) mass is 267 g/mol. The van der Waals surface area contributed by atoms with Gasteiger partial charge in [-0.2, -0.15) is 0 Å². The molecule has 0 fully saturated rings. The summed E-state index contributed by atoms with van der Waals surface area (Å²) in [5.74, 6) is -0.201. The molecule has 0 bridgehead atoms. The minimum absolute atomic E-state index is 0.244. The number of ether oxygens (including phenoxy) is 1. The average molecular weight is 268 g/mol. The first kappa shape index (κ1) is 12.8. The highest BCUT2D eigenvalue weighted by molar-refractivity contribution is 6.29. The number of carboxylic acid groups (broad SMARTS) is 1. The van der Waals surface area contributed by atoms with E-state index in [0.29, 0.717) is 6.61 Å². The topological polar surface area (TPSA) is 51.5 Å². The maximum Gasteiger partial charge on any atom is 0.323 e. The number of aromatic nitrogens is 1. The summed E-state index contributed by atoms with van der Waals surface area (Å²) in [4.78, 5) is 10.7. The molecule has 5 heteroatoms. The van der Waals surface area contributed by atoms with Crippen LogP contribution in [0.3, 0.4) is 0 Å². The van der Waals surface area contributed by atoms with Crippen LogP contribution in [-0.4, -0.2) is 27.6 Å². The van der Waals surface area contributed by atoms with Crippen LogP contribution in [0.15, 0.2) is 30.5 Å². The Morgan fingerprint density at radius 3 is 2.94 bits per heavy atom. The number of aliphatic carboxylic acids is 1. The summed E-state index contributed by atoms with van der Waals surface area (Å²) >= 11 is 5.74. The summed E-state index contributed by atoms with van der Waals surface area (Å²) in [6.45, 7) is 2.80. The summed E-state index contributed by atoms with van der Waals surface area (Å²) in [6.07, 6.45) is 1.83. The van der Waals surface area contributed by atoms with E-state index in [-0.39, 0.29) is 6.54 Å². The number of nitrogens with zero attached hydrogens (tertiary/aromatic N) is 1. The third-order valence-electron chi connectivity index (χ3n) is 2.68. The number of carbonyl (C=O) groups is 1. The highest BCUT2D eigenvalue weighted by atomic mass is 35.5. The Kier molecular flexibility index (Phi) is 3.77. The molecule has 0 saturated carbocycles. The molecule has 0 amide bonds. The third kappa shape index (κ3) is 2.59. The van der Waals surface area contributed by atoms with Gasteiger partial charge in [0.05, 0.1) is 6.61 Å². The molecule has 1 N–H and O–H groups in total. The lowest BCUT2D eigenvalue weighted by Gasteiger charge is -2.08. The predicted molar refractivity (Wildman–Crippen MR) is 70.4 cm³/mol. The molecule has 0 aliphatic rings. The minimum Gasteiger partial charge on any atom is -0.494 e. The van der Waals surface area contributed by atoms with Gasteiger partial charge in [0.1, 0.15) is 11.1 Å². The lowest BCUT2D eigenvalue weighted by Crippen LogP contribution is -2.19. The first-order valence-corrected chi connectivity index (χ1v) is 6.14. The molecule has 96 valence electrons. The van der Waals surface area contributed by atoms with Crippen molar-refractivity contribution in [2.45, 2.75) is 18.8 Å². The van der Waals surface area contributed by atoms with Crippen molar-refractivity contribution in [2.24, 2.45) is 0 Å². The van der Waals surface area contributed by atoms with Crippen molar-refractivity contribution in [3.63, 3.8) is 0 Å². The van der Waals surface area contributed by atoms with E-state index in [1.165, 1.54) is 0 Å². The van der Waals surface area contributed by atoms with Crippen LogP contribution in [0.2, 0.25) is 0 Å². The van der Waals surface area contributed by atoms with Gasteiger partial charge in [0.2, 0.25) is 0 Å². The molecule has 1 aromatic heterocycles. The summed E-state index contributed by atoms with van der Waals surface area (Å²) in [6, 6.07) is 7.63. The molecule has 2 aromatic rings. The fourth-order valence-corrected chi connectivity index (χ4v) is 1.99. The highest BCUT2D eigenvalue weighted by Crippen LogP contribution is 2.22. The number of halogens is 1. The van der Waals surface area contributed by atoms with Gasteiger partial charge in [0.25, 0.3) is 0 Å². The zero-order valence-corrected chi connectivity index (χ0v) is 10.7. The molecule has 1 heterocycles. The van der Waals surface area contributed by atoms with Crippen LogP contribution in [0.1, 0.15) is 6.92 Å². The van der Waals surface area contributed by atoms with Crippen molar-refractivity contribution in [2.75, 3.05) is 6.61 Å². The summed E-state index contributed by atoms with van der Waals surface area (Å²) in [5.41, 5.74) is 0.949. The van der Waals surface area contributed by atoms with Gasteiger partial charge in [-0.1, -0.05) is 0 Å². The second-order valence-electron chi connectivity index (χ2n) is 3.93. The number of rotatable bonds is 5. The van der Waals surface area contributed by atoms with Crippen molar-refractivity contribution < 1.29 is 14.6 Å². The van der Waals surface area contributed by atoms with Gasteiger partial charge in [-0.05, 0) is 31.2 Å². The molecule has 1 unspecified atom stereocenters. The van der Waals surface area contributed by atoms with Crippen LogP contribution in [0.4, 0.5) is 0 Å².